The van der Waals surface area contributed by atoms with Crippen LogP contribution >= 0.6 is 0 Å². The molecule has 112 valence electrons. The van der Waals surface area contributed by atoms with Gasteiger partial charge in [0.05, 0.1) is 0 Å². The van der Waals surface area contributed by atoms with Crippen LogP contribution in [0, 0.1) is 0 Å². The van der Waals surface area contributed by atoms with E-state index in [1.54, 1.807) is 7.11 Å². The molecule has 2 heteroatoms. The summed E-state index contributed by atoms with van der Waals surface area (Å²) in [6, 6.07) is 19.7. The summed E-state index contributed by atoms with van der Waals surface area (Å²) in [4.78, 5) is 0. The second-order valence-corrected chi connectivity index (χ2v) is 5.36. The van der Waals surface area contributed by atoms with Crippen molar-refractivity contribution in [1.82, 2.24) is 5.32 Å². The molecular formula is C19H25NO. The minimum atomic E-state index is 0.386. The van der Waals surface area contributed by atoms with Gasteiger partial charge in [-0.1, -0.05) is 54.6 Å². The fourth-order valence-corrected chi connectivity index (χ4v) is 2.40. The van der Waals surface area contributed by atoms with E-state index in [1.165, 1.54) is 16.7 Å². The summed E-state index contributed by atoms with van der Waals surface area (Å²) in [5.41, 5.74) is 3.87. The molecule has 2 aromatic carbocycles. The third kappa shape index (κ3) is 5.00. The molecule has 21 heavy (non-hydrogen) atoms. The molecule has 0 saturated heterocycles. The molecule has 0 bridgehead atoms. The van der Waals surface area contributed by atoms with E-state index < -0.39 is 0 Å². The van der Waals surface area contributed by atoms with E-state index in [0.29, 0.717) is 6.04 Å². The first-order valence-corrected chi connectivity index (χ1v) is 7.69. The van der Waals surface area contributed by atoms with Gasteiger partial charge in [0.25, 0.3) is 0 Å². The zero-order valence-corrected chi connectivity index (χ0v) is 13.0. The molecule has 0 saturated carbocycles. The van der Waals surface area contributed by atoms with E-state index in [4.69, 9.17) is 4.74 Å². The number of methoxy groups -OCH3 is 1. The highest BCUT2D eigenvalue weighted by molar-refractivity contribution is 5.63. The van der Waals surface area contributed by atoms with Gasteiger partial charge in [-0.05, 0) is 43.0 Å². The Morgan fingerprint density at radius 3 is 2.24 bits per heavy atom. The normalized spacial score (nSPS) is 12.3. The molecule has 1 unspecified atom stereocenters. The number of ether oxygens (including phenoxy) is 1. The second-order valence-electron chi connectivity index (χ2n) is 5.36. The summed E-state index contributed by atoms with van der Waals surface area (Å²) in [6.07, 6.45) is 2.27. The number of hydrogen-bond acceptors (Lipinski definition) is 2. The Balaban J connectivity index is 1.87. The van der Waals surface area contributed by atoms with Crippen molar-refractivity contribution in [2.75, 3.05) is 20.3 Å². The van der Waals surface area contributed by atoms with Gasteiger partial charge in [0, 0.05) is 19.8 Å². The van der Waals surface area contributed by atoms with Gasteiger partial charge in [0.1, 0.15) is 0 Å². The smallest absolute Gasteiger partial charge is 0.0462 e. The lowest BCUT2D eigenvalue weighted by Gasteiger charge is -2.15. The maximum Gasteiger partial charge on any atom is 0.0462 e. The summed E-state index contributed by atoms with van der Waals surface area (Å²) >= 11 is 0. The Labute approximate surface area is 128 Å². The minimum absolute atomic E-state index is 0.386. The number of unbranched alkanes of at least 4 members (excludes halogenated alkanes) is 1. The number of nitrogens with one attached hydrogen (secondary N) is 1. The summed E-state index contributed by atoms with van der Waals surface area (Å²) < 4.78 is 5.06. The molecule has 2 aromatic rings. The maximum atomic E-state index is 5.06. The van der Waals surface area contributed by atoms with Crippen LogP contribution in [0.4, 0.5) is 0 Å². The van der Waals surface area contributed by atoms with Crippen molar-refractivity contribution in [3.63, 3.8) is 0 Å². The Morgan fingerprint density at radius 2 is 1.57 bits per heavy atom. The number of hydrogen-bond donors (Lipinski definition) is 1. The van der Waals surface area contributed by atoms with Crippen LogP contribution in [0.25, 0.3) is 11.1 Å². The molecule has 0 aromatic heterocycles. The average molecular weight is 283 g/mol. The van der Waals surface area contributed by atoms with Crippen LogP contribution in [0.2, 0.25) is 0 Å². The predicted octanol–water partition coefficient (Wildman–Crippen LogP) is 4.43. The van der Waals surface area contributed by atoms with Gasteiger partial charge in [0.2, 0.25) is 0 Å². The molecule has 1 N–H and O–H groups in total. The fraction of sp³-hybridized carbons (Fsp3) is 0.368. The van der Waals surface area contributed by atoms with Crippen LogP contribution in [-0.2, 0) is 4.74 Å². The lowest BCUT2D eigenvalue weighted by atomic mass is 10.0. The van der Waals surface area contributed by atoms with E-state index in [2.05, 4.69) is 60.8 Å². The van der Waals surface area contributed by atoms with Gasteiger partial charge >= 0.3 is 0 Å². The molecule has 0 heterocycles. The van der Waals surface area contributed by atoms with Gasteiger partial charge in [-0.3, -0.25) is 0 Å². The van der Waals surface area contributed by atoms with Crippen molar-refractivity contribution in [1.29, 1.82) is 0 Å². The first-order valence-electron chi connectivity index (χ1n) is 7.69. The molecule has 1 atom stereocenters. The molecule has 0 aliphatic carbocycles. The Morgan fingerprint density at radius 1 is 0.905 bits per heavy atom. The zero-order valence-electron chi connectivity index (χ0n) is 13.0. The van der Waals surface area contributed by atoms with Gasteiger partial charge in [-0.2, -0.15) is 0 Å². The quantitative estimate of drug-likeness (QED) is 0.724. The van der Waals surface area contributed by atoms with Crippen molar-refractivity contribution in [2.24, 2.45) is 0 Å². The summed E-state index contributed by atoms with van der Waals surface area (Å²) in [7, 11) is 1.75. The van der Waals surface area contributed by atoms with E-state index in [-0.39, 0.29) is 0 Å². The molecular weight excluding hydrogens is 258 g/mol. The van der Waals surface area contributed by atoms with Gasteiger partial charge in [0.15, 0.2) is 0 Å². The standard InChI is InChI=1S/C19H25NO/c1-16(20-14-6-7-15-21-2)17-10-12-19(13-11-17)18-8-4-3-5-9-18/h3-5,8-13,16,20H,6-7,14-15H2,1-2H3. The SMILES string of the molecule is COCCCCNC(C)c1ccc(-c2ccccc2)cc1. The highest BCUT2D eigenvalue weighted by Gasteiger charge is 2.04. The average Bonchev–Trinajstić information content (AvgIpc) is 2.55. The third-order valence-corrected chi connectivity index (χ3v) is 3.74. The molecule has 0 amide bonds. The Hall–Kier alpha value is -1.64. The van der Waals surface area contributed by atoms with E-state index in [1.807, 2.05) is 6.07 Å². The zero-order chi connectivity index (χ0) is 14.9. The topological polar surface area (TPSA) is 21.3 Å². The van der Waals surface area contributed by atoms with Crippen LogP contribution in [0.1, 0.15) is 31.4 Å². The first kappa shape index (κ1) is 15.7. The van der Waals surface area contributed by atoms with Crippen molar-refractivity contribution in [3.8, 4) is 11.1 Å². The lowest BCUT2D eigenvalue weighted by molar-refractivity contribution is 0.192. The highest BCUT2D eigenvalue weighted by Crippen LogP contribution is 2.21. The van der Waals surface area contributed by atoms with Crippen LogP contribution in [0.5, 0.6) is 0 Å². The largest absolute Gasteiger partial charge is 0.385 e. The maximum absolute atomic E-state index is 5.06. The molecule has 2 rings (SSSR count). The lowest BCUT2D eigenvalue weighted by Crippen LogP contribution is -2.20. The molecule has 0 fully saturated rings. The van der Waals surface area contributed by atoms with Crippen LogP contribution in [0.15, 0.2) is 54.6 Å². The van der Waals surface area contributed by atoms with Crippen LogP contribution < -0.4 is 5.32 Å². The number of benzene rings is 2. The van der Waals surface area contributed by atoms with Crippen LogP contribution in [-0.4, -0.2) is 20.3 Å². The number of rotatable bonds is 8. The Bertz CT molecular complexity index is 507. The van der Waals surface area contributed by atoms with Crippen molar-refractivity contribution >= 4 is 0 Å². The molecule has 0 aliphatic heterocycles. The molecule has 2 nitrogen and oxygen atoms in total. The minimum Gasteiger partial charge on any atom is -0.385 e. The van der Waals surface area contributed by atoms with E-state index in [9.17, 15) is 0 Å². The molecule has 0 radical (unpaired) electrons. The van der Waals surface area contributed by atoms with Crippen molar-refractivity contribution < 1.29 is 4.74 Å². The second kappa shape index (κ2) is 8.60. The van der Waals surface area contributed by atoms with Gasteiger partial charge < -0.3 is 10.1 Å². The van der Waals surface area contributed by atoms with E-state index >= 15 is 0 Å². The van der Waals surface area contributed by atoms with E-state index in [0.717, 1.165) is 26.0 Å². The Kier molecular flexibility index (Phi) is 6.45. The molecule has 0 aliphatic rings. The monoisotopic (exact) mass is 283 g/mol. The van der Waals surface area contributed by atoms with Crippen LogP contribution in [0.3, 0.4) is 0 Å². The van der Waals surface area contributed by atoms with Gasteiger partial charge in [-0.15, -0.1) is 0 Å². The molecule has 0 spiro atoms. The first-order chi connectivity index (χ1) is 10.3. The predicted molar refractivity (Wildman–Crippen MR) is 89.4 cm³/mol. The third-order valence-electron chi connectivity index (χ3n) is 3.74. The fourth-order valence-electron chi connectivity index (χ4n) is 2.40. The summed E-state index contributed by atoms with van der Waals surface area (Å²) in [5.74, 6) is 0. The van der Waals surface area contributed by atoms with Crippen molar-refractivity contribution in [3.05, 3.63) is 60.2 Å². The van der Waals surface area contributed by atoms with Gasteiger partial charge in [-0.25, -0.2) is 0 Å². The summed E-state index contributed by atoms with van der Waals surface area (Å²) in [6.45, 7) is 4.10. The highest BCUT2D eigenvalue weighted by atomic mass is 16.5. The van der Waals surface area contributed by atoms with Crippen molar-refractivity contribution in [2.45, 2.75) is 25.8 Å². The summed E-state index contributed by atoms with van der Waals surface area (Å²) in [5, 5.41) is 3.56.